The van der Waals surface area contributed by atoms with Crippen LogP contribution in [0.1, 0.15) is 0 Å². The van der Waals surface area contributed by atoms with Crippen LogP contribution in [0.5, 0.6) is 0 Å². The van der Waals surface area contributed by atoms with Crippen LogP contribution in [0, 0.1) is 0 Å². The molecule has 1 aromatic carbocycles. The molecule has 0 fully saturated rings. The predicted octanol–water partition coefficient (Wildman–Crippen LogP) is 2.24. The molecular weight excluding hydrogens is 206 g/mol. The van der Waals surface area contributed by atoms with Crippen LogP contribution in [-0.4, -0.2) is 10.2 Å². The first-order valence-corrected chi connectivity index (χ1v) is 3.91. The molecule has 55 valence electrons. The van der Waals surface area contributed by atoms with Gasteiger partial charge in [0.2, 0.25) is 0 Å². The van der Waals surface area contributed by atoms with Crippen LogP contribution < -0.4 is 5.73 Å². The van der Waals surface area contributed by atoms with Gasteiger partial charge in [-0.2, -0.15) is 5.10 Å². The Morgan fingerprint density at radius 3 is 3.09 bits per heavy atom. The van der Waals surface area contributed by atoms with Gasteiger partial charge in [0, 0.05) is 5.39 Å². The summed E-state index contributed by atoms with van der Waals surface area (Å²) in [5.41, 5.74) is 8.81. The summed E-state index contributed by atoms with van der Waals surface area (Å²) in [5.74, 6) is 0. The van der Waals surface area contributed by atoms with E-state index in [1.165, 1.54) is 0 Å². The maximum absolute atomic E-state index is 7.45. The average molecular weight is 211 g/mol. The maximum atomic E-state index is 7.45. The first kappa shape index (κ1) is 6.67. The minimum Gasteiger partial charge on any atom is -0.300 e. The molecule has 0 bridgehead atoms. The van der Waals surface area contributed by atoms with Gasteiger partial charge < -0.3 is 0 Å². The third kappa shape index (κ3) is 0.903. The highest BCUT2D eigenvalue weighted by Crippen LogP contribution is 2.28. The summed E-state index contributed by atoms with van der Waals surface area (Å²) in [7, 11) is 0. The third-order valence-corrected chi connectivity index (χ3v) is 2.38. The van der Waals surface area contributed by atoms with Crippen molar-refractivity contribution >= 4 is 32.5 Å². The molecule has 1 heterocycles. The van der Waals surface area contributed by atoms with E-state index >= 15 is 0 Å². The molecule has 3 nitrogen and oxygen atoms in total. The molecular formula is C7H5BrN3. The number of benzene rings is 1. The molecule has 1 aromatic heterocycles. The van der Waals surface area contributed by atoms with Crippen molar-refractivity contribution in [1.29, 1.82) is 0 Å². The lowest BCUT2D eigenvalue weighted by molar-refractivity contribution is 1.12. The van der Waals surface area contributed by atoms with Gasteiger partial charge in [-0.1, -0.05) is 0 Å². The molecule has 11 heavy (non-hydrogen) atoms. The molecule has 0 unspecified atom stereocenters. The number of H-pyrrole nitrogens is 1. The van der Waals surface area contributed by atoms with Gasteiger partial charge in [0.1, 0.15) is 0 Å². The van der Waals surface area contributed by atoms with Crippen LogP contribution in [0.3, 0.4) is 0 Å². The highest BCUT2D eigenvalue weighted by Gasteiger charge is 2.02. The summed E-state index contributed by atoms with van der Waals surface area (Å²) < 4.78 is 0.771. The molecule has 0 saturated carbocycles. The summed E-state index contributed by atoms with van der Waals surface area (Å²) in [5, 5.41) is 7.70. The Hall–Kier alpha value is -1.03. The molecule has 0 atom stereocenters. The largest absolute Gasteiger partial charge is 0.300 e. The number of rotatable bonds is 0. The van der Waals surface area contributed by atoms with Crippen LogP contribution in [-0.2, 0) is 0 Å². The van der Waals surface area contributed by atoms with Crippen LogP contribution in [0.2, 0.25) is 0 Å². The van der Waals surface area contributed by atoms with Crippen LogP contribution in [0.25, 0.3) is 10.9 Å². The Balaban J connectivity index is 2.93. The van der Waals surface area contributed by atoms with Gasteiger partial charge in [-0.3, -0.25) is 10.8 Å². The zero-order chi connectivity index (χ0) is 7.84. The molecule has 2 rings (SSSR count). The lowest BCUT2D eigenvalue weighted by Crippen LogP contribution is -1.75. The number of aromatic nitrogens is 2. The maximum Gasteiger partial charge on any atom is 0.0813 e. The van der Waals surface area contributed by atoms with Gasteiger partial charge in [-0.15, -0.1) is 0 Å². The Labute approximate surface area is 71.7 Å². The topological polar surface area (TPSA) is 52.5 Å². The minimum absolute atomic E-state index is 0.474. The molecule has 4 heteroatoms. The summed E-state index contributed by atoms with van der Waals surface area (Å²) in [6, 6.07) is 3.61. The van der Waals surface area contributed by atoms with E-state index in [2.05, 4.69) is 26.1 Å². The fourth-order valence-corrected chi connectivity index (χ4v) is 1.43. The number of aromatic amines is 1. The fourth-order valence-electron chi connectivity index (χ4n) is 0.979. The van der Waals surface area contributed by atoms with E-state index in [4.69, 9.17) is 5.73 Å². The summed E-state index contributed by atoms with van der Waals surface area (Å²) in [6.45, 7) is 0. The quantitative estimate of drug-likeness (QED) is 0.713. The standard InChI is InChI=1S/C7H5BrN3/c8-6-5(9)2-1-4-3-10-11-7(4)6/h1-3,9H,(H,10,11). The summed E-state index contributed by atoms with van der Waals surface area (Å²) in [6.07, 6.45) is 1.74. The lowest BCUT2D eigenvalue weighted by Gasteiger charge is -1.95. The smallest absolute Gasteiger partial charge is 0.0813 e. The number of nitrogens with one attached hydrogen (secondary N) is 2. The highest BCUT2D eigenvalue weighted by atomic mass is 79.9. The average Bonchev–Trinajstić information content (AvgIpc) is 2.45. The zero-order valence-electron chi connectivity index (χ0n) is 5.56. The number of hydrogen-bond acceptors (Lipinski definition) is 1. The van der Waals surface area contributed by atoms with E-state index in [0.717, 1.165) is 15.4 Å². The van der Waals surface area contributed by atoms with Crippen LogP contribution in [0.4, 0.5) is 5.69 Å². The van der Waals surface area contributed by atoms with E-state index in [9.17, 15) is 0 Å². The Kier molecular flexibility index (Phi) is 1.35. The molecule has 1 radical (unpaired) electrons. The summed E-state index contributed by atoms with van der Waals surface area (Å²) >= 11 is 3.30. The van der Waals surface area contributed by atoms with Gasteiger partial charge in [0.05, 0.1) is 21.9 Å². The van der Waals surface area contributed by atoms with Gasteiger partial charge in [-0.05, 0) is 28.1 Å². The fraction of sp³-hybridized carbons (Fsp3) is 0. The molecule has 2 aromatic rings. The van der Waals surface area contributed by atoms with Gasteiger partial charge >= 0.3 is 0 Å². The molecule has 0 amide bonds. The second-order valence-electron chi connectivity index (χ2n) is 2.26. The summed E-state index contributed by atoms with van der Waals surface area (Å²) in [4.78, 5) is 0. The van der Waals surface area contributed by atoms with E-state index in [-0.39, 0.29) is 0 Å². The molecule has 2 N–H and O–H groups in total. The normalized spacial score (nSPS) is 10.6. The second kappa shape index (κ2) is 2.23. The van der Waals surface area contributed by atoms with Crippen molar-refractivity contribution in [2.45, 2.75) is 0 Å². The number of fused-ring (bicyclic) bond motifs is 1. The third-order valence-electron chi connectivity index (χ3n) is 1.55. The van der Waals surface area contributed by atoms with Crippen molar-refractivity contribution in [1.82, 2.24) is 15.9 Å². The molecule has 0 spiro atoms. The molecule has 0 saturated heterocycles. The highest BCUT2D eigenvalue weighted by molar-refractivity contribution is 9.10. The van der Waals surface area contributed by atoms with E-state index in [1.807, 2.05) is 6.07 Å². The Morgan fingerprint density at radius 2 is 2.27 bits per heavy atom. The molecule has 0 aliphatic heterocycles. The van der Waals surface area contributed by atoms with Gasteiger partial charge in [0.25, 0.3) is 0 Å². The Bertz CT molecular complexity index is 393. The van der Waals surface area contributed by atoms with Crippen LogP contribution in [0.15, 0.2) is 22.8 Å². The molecule has 0 aliphatic carbocycles. The number of halogens is 1. The lowest BCUT2D eigenvalue weighted by atomic mass is 10.2. The van der Waals surface area contributed by atoms with Crippen molar-refractivity contribution in [2.75, 3.05) is 0 Å². The Morgan fingerprint density at radius 1 is 1.45 bits per heavy atom. The number of nitrogens with zero attached hydrogens (tertiary/aromatic N) is 1. The molecule has 0 aliphatic rings. The van der Waals surface area contributed by atoms with Crippen molar-refractivity contribution < 1.29 is 0 Å². The van der Waals surface area contributed by atoms with E-state index in [0.29, 0.717) is 5.69 Å². The minimum atomic E-state index is 0.474. The van der Waals surface area contributed by atoms with Crippen molar-refractivity contribution in [3.05, 3.63) is 22.8 Å². The van der Waals surface area contributed by atoms with Gasteiger partial charge in [0.15, 0.2) is 0 Å². The van der Waals surface area contributed by atoms with Crippen molar-refractivity contribution in [3.63, 3.8) is 0 Å². The second-order valence-corrected chi connectivity index (χ2v) is 3.05. The first-order valence-electron chi connectivity index (χ1n) is 3.12. The van der Waals surface area contributed by atoms with Crippen LogP contribution >= 0.6 is 15.9 Å². The van der Waals surface area contributed by atoms with Crippen molar-refractivity contribution in [3.8, 4) is 0 Å². The SMILES string of the molecule is [NH]c1ccc2cn[nH]c2c1Br. The van der Waals surface area contributed by atoms with E-state index in [1.54, 1.807) is 12.3 Å². The van der Waals surface area contributed by atoms with Gasteiger partial charge in [-0.25, -0.2) is 0 Å². The zero-order valence-corrected chi connectivity index (χ0v) is 7.14. The predicted molar refractivity (Wildman–Crippen MR) is 46.6 cm³/mol. The van der Waals surface area contributed by atoms with E-state index < -0.39 is 0 Å². The number of hydrogen-bond donors (Lipinski definition) is 1. The monoisotopic (exact) mass is 210 g/mol. The van der Waals surface area contributed by atoms with Crippen molar-refractivity contribution in [2.24, 2.45) is 0 Å². The first-order chi connectivity index (χ1) is 5.29.